The van der Waals surface area contributed by atoms with Gasteiger partial charge in [-0.25, -0.2) is 9.78 Å². The van der Waals surface area contributed by atoms with Gasteiger partial charge in [0.15, 0.2) is 0 Å². The van der Waals surface area contributed by atoms with Gasteiger partial charge in [0.2, 0.25) is 11.8 Å². The third-order valence-electron chi connectivity index (χ3n) is 9.37. The number of aliphatic hydroxyl groups is 1. The molecule has 0 aliphatic carbocycles. The predicted octanol–water partition coefficient (Wildman–Crippen LogP) is 5.29. The fourth-order valence-electron chi connectivity index (χ4n) is 6.53. The van der Waals surface area contributed by atoms with E-state index in [0.29, 0.717) is 32.8 Å². The van der Waals surface area contributed by atoms with Crippen LogP contribution in [0.4, 0.5) is 4.79 Å². The molecule has 2 fully saturated rings. The largest absolute Gasteiger partial charge is 0.493 e. The number of rotatable bonds is 13. The highest BCUT2D eigenvalue weighted by atomic mass is 32.1. The van der Waals surface area contributed by atoms with E-state index >= 15 is 0 Å². The molecule has 3 N–H and O–H groups in total. The molecule has 52 heavy (non-hydrogen) atoms. The number of hydrogen-bond acceptors (Lipinski definition) is 10. The number of nitrogens with one attached hydrogen (secondary N) is 2. The molecule has 0 spiro atoms. The number of β-amino-alcohol motifs (C(OH)–C–C–N with tert-alkyl or cyclic N) is 1. The molecular formula is C39H54N6O6S. The first-order valence-corrected chi connectivity index (χ1v) is 19.0. The minimum atomic E-state index is -0.766. The molecular weight excluding hydrogens is 681 g/mol. The lowest BCUT2D eigenvalue weighted by atomic mass is 9.85. The number of aromatic nitrogens is 2. The molecule has 0 radical (unpaired) electrons. The second-order valence-corrected chi connectivity index (χ2v) is 16.7. The first-order valence-electron chi connectivity index (χ1n) is 18.1. The Morgan fingerprint density at radius 1 is 1.04 bits per heavy atom. The quantitative estimate of drug-likeness (QED) is 0.200. The summed E-state index contributed by atoms with van der Waals surface area (Å²) in [6, 6.07) is 8.58. The number of amides is 3. The van der Waals surface area contributed by atoms with Gasteiger partial charge in [-0.05, 0) is 69.7 Å². The van der Waals surface area contributed by atoms with Crippen LogP contribution in [-0.4, -0.2) is 99.4 Å². The Morgan fingerprint density at radius 3 is 2.42 bits per heavy atom. The van der Waals surface area contributed by atoms with Gasteiger partial charge in [0.05, 0.1) is 34.8 Å². The molecule has 2 aliphatic heterocycles. The molecule has 3 atom stereocenters. The van der Waals surface area contributed by atoms with Gasteiger partial charge in [0.25, 0.3) is 0 Å². The van der Waals surface area contributed by atoms with E-state index < -0.39 is 29.2 Å². The number of ether oxygens (including phenoxy) is 2. The van der Waals surface area contributed by atoms with E-state index in [1.54, 1.807) is 28.6 Å². The highest BCUT2D eigenvalue weighted by Gasteiger charge is 2.43. The van der Waals surface area contributed by atoms with Gasteiger partial charge >= 0.3 is 6.09 Å². The van der Waals surface area contributed by atoms with Crippen molar-refractivity contribution in [3.05, 3.63) is 65.1 Å². The number of unbranched alkanes of at least 4 members (excludes halogenated alkanes) is 1. The molecule has 2 aliphatic rings. The van der Waals surface area contributed by atoms with Crippen LogP contribution >= 0.6 is 11.3 Å². The molecule has 282 valence electrons. The van der Waals surface area contributed by atoms with E-state index in [9.17, 15) is 19.5 Å². The van der Waals surface area contributed by atoms with E-state index in [1.165, 1.54) is 4.90 Å². The van der Waals surface area contributed by atoms with Crippen molar-refractivity contribution in [1.82, 2.24) is 30.4 Å². The summed E-state index contributed by atoms with van der Waals surface area (Å²) in [4.78, 5) is 52.7. The van der Waals surface area contributed by atoms with E-state index in [1.807, 2.05) is 84.3 Å². The van der Waals surface area contributed by atoms with E-state index in [4.69, 9.17) is 9.47 Å². The second kappa shape index (κ2) is 16.7. The molecule has 3 aromatic rings. The lowest BCUT2D eigenvalue weighted by molar-refractivity contribution is -0.142. The molecule has 4 heterocycles. The number of hydrogen-bond donors (Lipinski definition) is 3. The van der Waals surface area contributed by atoms with Crippen molar-refractivity contribution >= 4 is 29.2 Å². The Hall–Kier alpha value is -4.07. The van der Waals surface area contributed by atoms with Gasteiger partial charge < -0.3 is 35.0 Å². The van der Waals surface area contributed by atoms with E-state index in [2.05, 4.69) is 20.6 Å². The number of benzene rings is 1. The number of likely N-dealkylation sites (tertiary alicyclic amines) is 2. The fraction of sp³-hybridized carbons (Fsp3) is 0.564. The average molecular weight is 735 g/mol. The third-order valence-corrected chi connectivity index (χ3v) is 10.3. The normalized spacial score (nSPS) is 18.5. The Balaban J connectivity index is 1.08. The Bertz CT molecular complexity index is 1680. The van der Waals surface area contributed by atoms with Gasteiger partial charge in [-0.2, -0.15) is 0 Å². The van der Waals surface area contributed by atoms with Gasteiger partial charge in [0, 0.05) is 56.5 Å². The molecule has 12 nitrogen and oxygen atoms in total. The number of pyridine rings is 1. The summed E-state index contributed by atoms with van der Waals surface area (Å²) in [6.45, 7) is 16.2. The van der Waals surface area contributed by atoms with Crippen molar-refractivity contribution in [2.75, 3.05) is 32.8 Å². The SMILES string of the molecule is Cc1ncsc1-c1ccc(CNC(=O)[C@@H]2C[C@@H](O)CN2C(=O)[C@@H](NCCCCOc2ccncc2C2CN(C(=O)OC(C)(C)C)C2)C(C)(C)C)cc1. The zero-order chi connectivity index (χ0) is 37.6. The van der Waals surface area contributed by atoms with Crippen LogP contribution in [0.15, 0.2) is 48.2 Å². The second-order valence-electron chi connectivity index (χ2n) is 15.9. The summed E-state index contributed by atoms with van der Waals surface area (Å²) in [5.41, 5.74) is 4.86. The van der Waals surface area contributed by atoms with Gasteiger partial charge in [-0.3, -0.25) is 14.6 Å². The average Bonchev–Trinajstić information content (AvgIpc) is 3.67. The van der Waals surface area contributed by atoms with Crippen LogP contribution in [-0.2, 0) is 20.9 Å². The Kier molecular flexibility index (Phi) is 12.6. The maximum absolute atomic E-state index is 14.0. The zero-order valence-electron chi connectivity index (χ0n) is 31.5. The standard InChI is InChI=1S/C39H54N6O6S/c1-25-33(52-24-43-25)27-12-10-26(11-13-27)19-42-35(47)31-18-29(46)23-45(31)36(48)34(38(2,3)4)41-15-8-9-17-50-32-14-16-40-20-30(32)28-21-44(22-28)37(49)51-39(5,6)7/h10-14,16,20,24,28-29,31,34,41,46H,8-9,15,17-19,21-23H2,1-7H3,(H,42,47)/t29-,31+,34-/m1/s1. The number of aryl methyl sites for hydroxylation is 1. The van der Waals surface area contributed by atoms with Crippen molar-refractivity contribution in [2.45, 2.75) is 104 Å². The lowest BCUT2D eigenvalue weighted by Crippen LogP contribution is -2.56. The van der Waals surface area contributed by atoms with Crippen molar-refractivity contribution in [1.29, 1.82) is 0 Å². The maximum atomic E-state index is 14.0. The maximum Gasteiger partial charge on any atom is 0.410 e. The number of carbonyl (C=O) groups excluding carboxylic acids is 3. The highest BCUT2D eigenvalue weighted by Crippen LogP contribution is 2.34. The van der Waals surface area contributed by atoms with Crippen molar-refractivity contribution in [3.63, 3.8) is 0 Å². The summed E-state index contributed by atoms with van der Waals surface area (Å²) < 4.78 is 11.6. The highest BCUT2D eigenvalue weighted by molar-refractivity contribution is 7.13. The summed E-state index contributed by atoms with van der Waals surface area (Å²) >= 11 is 1.60. The van der Waals surface area contributed by atoms with Gasteiger partial charge in [-0.15, -0.1) is 11.3 Å². The van der Waals surface area contributed by atoms with Crippen LogP contribution in [0.2, 0.25) is 0 Å². The summed E-state index contributed by atoms with van der Waals surface area (Å²) in [7, 11) is 0. The van der Waals surface area contributed by atoms with Crippen molar-refractivity contribution in [2.24, 2.45) is 5.41 Å². The fourth-order valence-corrected chi connectivity index (χ4v) is 7.35. The summed E-state index contributed by atoms with van der Waals surface area (Å²) in [6.07, 6.45) is 4.16. The van der Waals surface area contributed by atoms with Crippen LogP contribution in [0.3, 0.4) is 0 Å². The molecule has 5 rings (SSSR count). The number of aliphatic hydroxyl groups excluding tert-OH is 1. The minimum Gasteiger partial charge on any atom is -0.493 e. The van der Waals surface area contributed by atoms with Crippen molar-refractivity contribution < 1.29 is 29.0 Å². The third kappa shape index (κ3) is 10.1. The van der Waals surface area contributed by atoms with Crippen LogP contribution in [0, 0.1) is 12.3 Å². The lowest BCUT2D eigenvalue weighted by Gasteiger charge is -2.40. The van der Waals surface area contributed by atoms with Crippen LogP contribution in [0.25, 0.3) is 10.4 Å². The van der Waals surface area contributed by atoms with E-state index in [0.717, 1.165) is 45.9 Å². The molecule has 2 saturated heterocycles. The molecule has 0 bridgehead atoms. The molecule has 1 aromatic carbocycles. The van der Waals surface area contributed by atoms with E-state index in [-0.39, 0.29) is 36.8 Å². The predicted molar refractivity (Wildman–Crippen MR) is 201 cm³/mol. The molecule has 0 saturated carbocycles. The molecule has 3 amide bonds. The first kappa shape index (κ1) is 39.1. The van der Waals surface area contributed by atoms with Gasteiger partial charge in [-0.1, -0.05) is 45.0 Å². The monoisotopic (exact) mass is 734 g/mol. The Labute approximate surface area is 311 Å². The number of thiazole rings is 1. The molecule has 0 unspecified atom stereocenters. The number of carbonyl (C=O) groups is 3. The zero-order valence-corrected chi connectivity index (χ0v) is 32.3. The summed E-state index contributed by atoms with van der Waals surface area (Å²) in [5.74, 6) is 0.440. The van der Waals surface area contributed by atoms with Crippen LogP contribution in [0.5, 0.6) is 5.75 Å². The molecule has 13 heteroatoms. The number of nitrogens with zero attached hydrogens (tertiary/aromatic N) is 4. The molecule has 2 aromatic heterocycles. The van der Waals surface area contributed by atoms with Crippen molar-refractivity contribution in [3.8, 4) is 16.2 Å². The smallest absolute Gasteiger partial charge is 0.410 e. The van der Waals surface area contributed by atoms with Crippen LogP contribution in [0.1, 0.15) is 83.5 Å². The topological polar surface area (TPSA) is 146 Å². The first-order chi connectivity index (χ1) is 24.6. The summed E-state index contributed by atoms with van der Waals surface area (Å²) in [5, 5.41) is 17.0. The van der Waals surface area contributed by atoms with Gasteiger partial charge in [0.1, 0.15) is 17.4 Å². The Morgan fingerprint density at radius 2 is 1.77 bits per heavy atom. The van der Waals surface area contributed by atoms with Crippen LogP contribution < -0.4 is 15.4 Å². The minimum absolute atomic E-state index is 0.118.